The van der Waals surface area contributed by atoms with Gasteiger partial charge in [-0.15, -0.1) is 0 Å². The van der Waals surface area contributed by atoms with Crippen molar-refractivity contribution < 1.29 is 4.74 Å². The van der Waals surface area contributed by atoms with Gasteiger partial charge in [-0.25, -0.2) is 0 Å². The van der Waals surface area contributed by atoms with Crippen molar-refractivity contribution in [2.24, 2.45) is 11.8 Å². The van der Waals surface area contributed by atoms with Crippen LogP contribution >= 0.6 is 0 Å². The summed E-state index contributed by atoms with van der Waals surface area (Å²) in [6.45, 7) is 0. The van der Waals surface area contributed by atoms with Gasteiger partial charge in [0.2, 0.25) is 0 Å². The summed E-state index contributed by atoms with van der Waals surface area (Å²) >= 11 is 1.27. The molecule has 0 saturated heterocycles. The Hall–Kier alpha value is 0.0200. The second-order valence-electron chi connectivity index (χ2n) is 6.25. The fourth-order valence-electron chi connectivity index (χ4n) is 3.79. The zero-order chi connectivity index (χ0) is 11.5. The number of rotatable bonds is 2. The first-order valence-electron chi connectivity index (χ1n) is 7.07. The predicted octanol–water partition coefficient (Wildman–Crippen LogP) is 3.24. The van der Waals surface area contributed by atoms with Crippen LogP contribution in [0.3, 0.4) is 0 Å². The van der Waals surface area contributed by atoms with Gasteiger partial charge < -0.3 is 0 Å². The monoisotopic (exact) mass is 236 g/mol. The van der Waals surface area contributed by atoms with E-state index in [9.17, 15) is 0 Å². The second kappa shape index (κ2) is 3.76. The van der Waals surface area contributed by atoms with Crippen LogP contribution in [0.15, 0.2) is 24.3 Å². The van der Waals surface area contributed by atoms with E-state index >= 15 is 0 Å². The van der Waals surface area contributed by atoms with Crippen molar-refractivity contribution in [2.45, 2.75) is 40.9 Å². The maximum atomic E-state index is 6.56. The van der Waals surface area contributed by atoms with Gasteiger partial charge in [-0.3, -0.25) is 0 Å². The van der Waals surface area contributed by atoms with Crippen molar-refractivity contribution in [3.05, 3.63) is 29.8 Å². The first-order valence-corrected chi connectivity index (χ1v) is 8.23. The van der Waals surface area contributed by atoms with E-state index in [-0.39, 0.29) is 5.60 Å². The molecule has 1 aromatic rings. The summed E-state index contributed by atoms with van der Waals surface area (Å²) in [4.78, 5) is 0. The summed E-state index contributed by atoms with van der Waals surface area (Å²) in [5, 5.41) is 0. The molecule has 3 aliphatic rings. The number of ether oxygens (including phenoxy) is 1. The van der Waals surface area contributed by atoms with Gasteiger partial charge >= 0.3 is 121 Å². The zero-order valence-electron chi connectivity index (χ0n) is 10.5. The van der Waals surface area contributed by atoms with Crippen LogP contribution in [0, 0.1) is 11.8 Å². The topological polar surface area (TPSA) is 9.23 Å². The minimum absolute atomic E-state index is 0.251. The van der Waals surface area contributed by atoms with E-state index in [4.69, 9.17) is 4.74 Å². The van der Waals surface area contributed by atoms with Gasteiger partial charge in [0.15, 0.2) is 0 Å². The minimum atomic E-state index is 0.251. The average Bonchev–Trinajstić information content (AvgIpc) is 3.18. The van der Waals surface area contributed by atoms with Crippen LogP contribution in [-0.2, 0) is 0 Å². The molecule has 17 heavy (non-hydrogen) atoms. The van der Waals surface area contributed by atoms with E-state index in [1.807, 2.05) is 0 Å². The van der Waals surface area contributed by atoms with E-state index in [1.54, 1.807) is 0 Å². The quantitative estimate of drug-likeness (QED) is 0.716. The van der Waals surface area contributed by atoms with E-state index in [1.165, 1.54) is 71.3 Å². The molecule has 1 unspecified atom stereocenters. The molecule has 84 valence electrons. The molecule has 0 N–H and O–H groups in total. The molecular weight excluding hydrogens is 219 g/mol. The molecule has 0 aromatic heterocycles. The number of hydrogen-bond acceptors (Lipinski definition) is 1. The van der Waals surface area contributed by atoms with Crippen molar-refractivity contribution in [2.75, 3.05) is 0 Å². The Morgan fingerprint density at radius 2 is 1.71 bits per heavy atom. The van der Waals surface area contributed by atoms with Crippen molar-refractivity contribution in [3.8, 4) is 5.75 Å². The second-order valence-corrected chi connectivity index (χ2v) is 7.64. The molecule has 0 radical (unpaired) electrons. The summed E-state index contributed by atoms with van der Waals surface area (Å²) in [5.41, 5.74) is 1.73. The van der Waals surface area contributed by atoms with Gasteiger partial charge in [0.1, 0.15) is 0 Å². The molecule has 2 fully saturated rings. The summed E-state index contributed by atoms with van der Waals surface area (Å²) in [5.74, 6) is 2.96. The van der Waals surface area contributed by atoms with Crippen molar-refractivity contribution in [3.63, 3.8) is 0 Å². The van der Waals surface area contributed by atoms with E-state index in [2.05, 4.69) is 24.3 Å². The van der Waals surface area contributed by atoms with Crippen molar-refractivity contribution in [1.82, 2.24) is 0 Å². The van der Waals surface area contributed by atoms with Gasteiger partial charge in [-0.2, -0.15) is 0 Å². The molecule has 2 saturated carbocycles. The Bertz CT molecular complexity index is 436. The average molecular weight is 236 g/mol. The Morgan fingerprint density at radius 3 is 2.35 bits per heavy atom. The van der Waals surface area contributed by atoms with Crippen LogP contribution < -0.4 is 4.74 Å². The van der Waals surface area contributed by atoms with Crippen LogP contribution in [0.1, 0.15) is 40.8 Å². The SMILES string of the molecule is [Na][CH]1CC(C2CC2)(C2CC2)Oc2ccccc21. The third-order valence-electron chi connectivity index (χ3n) is 4.91. The fraction of sp³-hybridized carbons (Fsp3) is 0.600. The van der Waals surface area contributed by atoms with Crippen LogP contribution in [-0.4, -0.2) is 33.5 Å². The van der Waals surface area contributed by atoms with Gasteiger partial charge in [0.05, 0.1) is 0 Å². The van der Waals surface area contributed by atoms with Gasteiger partial charge in [-0.1, -0.05) is 0 Å². The molecule has 1 heterocycles. The Labute approximate surface area is 120 Å². The summed E-state index contributed by atoms with van der Waals surface area (Å²) in [6, 6.07) is 8.76. The molecule has 1 atom stereocenters. The normalized spacial score (nSPS) is 30.6. The molecule has 4 rings (SSSR count). The molecule has 1 aromatic carbocycles. The Kier molecular flexibility index (Phi) is 2.41. The summed E-state index contributed by atoms with van der Waals surface area (Å²) < 4.78 is 7.37. The molecule has 0 spiro atoms. The predicted molar refractivity (Wildman–Crippen MR) is 68.4 cm³/mol. The Balaban J connectivity index is 1.76. The molecule has 2 aliphatic carbocycles. The van der Waals surface area contributed by atoms with Crippen molar-refractivity contribution >= 4 is 27.9 Å². The van der Waals surface area contributed by atoms with E-state index in [0.29, 0.717) is 0 Å². The summed E-state index contributed by atoms with van der Waals surface area (Å²) in [6.07, 6.45) is 6.95. The van der Waals surface area contributed by atoms with E-state index < -0.39 is 0 Å². The van der Waals surface area contributed by atoms with Gasteiger partial charge in [0.25, 0.3) is 0 Å². The first kappa shape index (κ1) is 10.9. The molecule has 0 amide bonds. The molecular formula is C15H17NaO. The number of fused-ring (bicyclic) bond motifs is 1. The van der Waals surface area contributed by atoms with Crippen LogP contribution in [0.25, 0.3) is 0 Å². The molecule has 0 bridgehead atoms. The number of para-hydroxylation sites is 1. The third-order valence-corrected chi connectivity index (χ3v) is 5.94. The first-order chi connectivity index (χ1) is 8.29. The zero-order valence-corrected chi connectivity index (χ0v) is 12.5. The van der Waals surface area contributed by atoms with E-state index in [0.717, 1.165) is 15.0 Å². The Morgan fingerprint density at radius 1 is 1.06 bits per heavy atom. The van der Waals surface area contributed by atoms with Crippen LogP contribution in [0.2, 0.25) is 0 Å². The van der Waals surface area contributed by atoms with Gasteiger partial charge in [-0.05, 0) is 0 Å². The molecule has 1 nitrogen and oxygen atoms in total. The number of benzene rings is 1. The van der Waals surface area contributed by atoms with Crippen LogP contribution in [0.4, 0.5) is 0 Å². The van der Waals surface area contributed by atoms with Crippen LogP contribution in [0.5, 0.6) is 5.75 Å². The molecule has 1 aliphatic heterocycles. The van der Waals surface area contributed by atoms with Crippen molar-refractivity contribution in [1.29, 1.82) is 0 Å². The molecule has 2 heteroatoms. The summed E-state index contributed by atoms with van der Waals surface area (Å²) in [7, 11) is 0. The number of hydrogen-bond donors (Lipinski definition) is 0. The third kappa shape index (κ3) is 1.70. The fourth-order valence-corrected chi connectivity index (χ4v) is 4.91. The van der Waals surface area contributed by atoms with Gasteiger partial charge in [0, 0.05) is 0 Å². The standard InChI is InChI=1S/C15H17O.Na/c1-2-4-14-11(3-1)9-10-15(16-14,12-5-6-12)13-7-8-13;/h1-4,9,12-13H,5-8,10H2;. The maximum absolute atomic E-state index is 6.56.